The van der Waals surface area contributed by atoms with E-state index in [0.29, 0.717) is 17.9 Å². The zero-order chi connectivity index (χ0) is 14.7. The lowest BCUT2D eigenvalue weighted by atomic mass is 10.1. The number of cyclic esters (lactones) is 1. The van der Waals surface area contributed by atoms with Crippen LogP contribution in [0.2, 0.25) is 0 Å². The fourth-order valence-corrected chi connectivity index (χ4v) is 2.20. The summed E-state index contributed by atoms with van der Waals surface area (Å²) in [6, 6.07) is 14.5. The molecule has 1 saturated heterocycles. The van der Waals surface area contributed by atoms with Crippen molar-refractivity contribution in [1.82, 2.24) is 5.32 Å². The van der Waals surface area contributed by atoms with Gasteiger partial charge in [-0.3, -0.25) is 0 Å². The molecule has 2 N–H and O–H groups in total. The van der Waals surface area contributed by atoms with Crippen molar-refractivity contribution in [2.24, 2.45) is 0 Å². The number of alkyl carbamates (subject to hydrolysis) is 1. The Morgan fingerprint density at radius 1 is 1.24 bits per heavy atom. The van der Waals surface area contributed by atoms with E-state index in [0.717, 1.165) is 5.56 Å². The predicted molar refractivity (Wildman–Crippen MR) is 76.1 cm³/mol. The summed E-state index contributed by atoms with van der Waals surface area (Å²) in [6.45, 7) is 0.652. The van der Waals surface area contributed by atoms with Gasteiger partial charge >= 0.3 is 6.09 Å². The Labute approximate surface area is 122 Å². The summed E-state index contributed by atoms with van der Waals surface area (Å²) < 4.78 is 10.5. The number of aromatic hydroxyl groups is 1. The van der Waals surface area contributed by atoms with Gasteiger partial charge in [-0.25, -0.2) is 4.79 Å². The van der Waals surface area contributed by atoms with Crippen LogP contribution in [0.15, 0.2) is 48.5 Å². The van der Waals surface area contributed by atoms with Crippen molar-refractivity contribution in [2.45, 2.75) is 12.6 Å². The summed E-state index contributed by atoms with van der Waals surface area (Å²) in [4.78, 5) is 11.0. The molecule has 3 rings (SSSR count). The maximum absolute atomic E-state index is 11.0. The molecule has 1 amide bonds. The smallest absolute Gasteiger partial charge is 0.407 e. The van der Waals surface area contributed by atoms with Crippen molar-refractivity contribution < 1.29 is 19.4 Å². The molecule has 0 radical (unpaired) electrons. The minimum absolute atomic E-state index is 0.0800. The van der Waals surface area contributed by atoms with E-state index >= 15 is 0 Å². The number of nitrogens with one attached hydrogen (secondary N) is 1. The molecule has 0 aliphatic carbocycles. The molecule has 1 heterocycles. The summed E-state index contributed by atoms with van der Waals surface area (Å²) in [5.74, 6) is 0.654. The van der Waals surface area contributed by atoms with E-state index in [1.807, 2.05) is 30.3 Å². The quantitative estimate of drug-likeness (QED) is 0.906. The molecule has 0 spiro atoms. The van der Waals surface area contributed by atoms with Crippen LogP contribution in [0.3, 0.4) is 0 Å². The van der Waals surface area contributed by atoms with E-state index in [1.54, 1.807) is 18.2 Å². The number of ether oxygens (including phenoxy) is 2. The van der Waals surface area contributed by atoms with Crippen LogP contribution < -0.4 is 10.1 Å². The van der Waals surface area contributed by atoms with Crippen LogP contribution in [0.1, 0.15) is 17.2 Å². The van der Waals surface area contributed by atoms with Crippen molar-refractivity contribution in [3.05, 3.63) is 59.7 Å². The Bertz CT molecular complexity index is 642. The molecular weight excluding hydrogens is 270 g/mol. The lowest BCUT2D eigenvalue weighted by Crippen LogP contribution is -2.18. The summed E-state index contributed by atoms with van der Waals surface area (Å²) >= 11 is 0. The Morgan fingerprint density at radius 2 is 2.05 bits per heavy atom. The lowest BCUT2D eigenvalue weighted by molar-refractivity contribution is 0.176. The normalized spacial score (nSPS) is 17.1. The fraction of sp³-hybridized carbons (Fsp3) is 0.188. The minimum atomic E-state index is -0.469. The Kier molecular flexibility index (Phi) is 3.64. The Hall–Kier alpha value is -2.69. The first-order chi connectivity index (χ1) is 10.2. The molecule has 1 aliphatic rings. The number of amides is 1. The second-order valence-electron chi connectivity index (χ2n) is 4.79. The van der Waals surface area contributed by atoms with Crippen LogP contribution in [0.4, 0.5) is 4.79 Å². The van der Waals surface area contributed by atoms with E-state index in [9.17, 15) is 9.90 Å². The van der Waals surface area contributed by atoms with Crippen LogP contribution in [0.5, 0.6) is 11.5 Å². The average Bonchev–Trinajstić information content (AvgIpc) is 2.92. The molecule has 1 fully saturated rings. The highest BCUT2D eigenvalue weighted by molar-refractivity contribution is 5.70. The molecule has 108 valence electrons. The zero-order valence-corrected chi connectivity index (χ0v) is 11.3. The molecule has 5 nitrogen and oxygen atoms in total. The fourth-order valence-electron chi connectivity index (χ4n) is 2.20. The molecular formula is C16H15NO4. The zero-order valence-electron chi connectivity index (χ0n) is 11.3. The van der Waals surface area contributed by atoms with Gasteiger partial charge in [0.1, 0.15) is 24.7 Å². The van der Waals surface area contributed by atoms with Gasteiger partial charge in [-0.15, -0.1) is 0 Å². The molecule has 5 heteroatoms. The van der Waals surface area contributed by atoms with Crippen molar-refractivity contribution in [3.8, 4) is 11.5 Å². The number of rotatable bonds is 4. The van der Waals surface area contributed by atoms with Gasteiger partial charge in [-0.2, -0.15) is 0 Å². The van der Waals surface area contributed by atoms with Crippen molar-refractivity contribution >= 4 is 6.09 Å². The minimum Gasteiger partial charge on any atom is -0.507 e. The van der Waals surface area contributed by atoms with E-state index in [-0.39, 0.29) is 18.4 Å². The average molecular weight is 285 g/mol. The van der Waals surface area contributed by atoms with Gasteiger partial charge in [0.2, 0.25) is 0 Å². The molecule has 1 aliphatic heterocycles. The van der Waals surface area contributed by atoms with Crippen LogP contribution in [-0.4, -0.2) is 17.8 Å². The van der Waals surface area contributed by atoms with Crippen LogP contribution in [0, 0.1) is 0 Å². The van der Waals surface area contributed by atoms with E-state index < -0.39 is 6.09 Å². The molecule has 0 aromatic heterocycles. The highest BCUT2D eigenvalue weighted by atomic mass is 16.6. The van der Waals surface area contributed by atoms with Gasteiger partial charge < -0.3 is 19.9 Å². The van der Waals surface area contributed by atoms with Gasteiger partial charge in [-0.1, -0.05) is 30.3 Å². The van der Waals surface area contributed by atoms with E-state index in [2.05, 4.69) is 5.32 Å². The monoisotopic (exact) mass is 285 g/mol. The number of phenols is 1. The highest BCUT2D eigenvalue weighted by Gasteiger charge is 2.26. The van der Waals surface area contributed by atoms with Gasteiger partial charge in [-0.05, 0) is 17.7 Å². The molecule has 0 bridgehead atoms. The third-order valence-electron chi connectivity index (χ3n) is 3.30. The third kappa shape index (κ3) is 3.08. The molecule has 0 unspecified atom stereocenters. The van der Waals surface area contributed by atoms with Gasteiger partial charge in [0.25, 0.3) is 0 Å². The highest BCUT2D eigenvalue weighted by Crippen LogP contribution is 2.30. The van der Waals surface area contributed by atoms with Crippen molar-refractivity contribution in [2.75, 3.05) is 6.61 Å². The van der Waals surface area contributed by atoms with Crippen molar-refractivity contribution in [1.29, 1.82) is 0 Å². The van der Waals surface area contributed by atoms with Crippen molar-refractivity contribution in [3.63, 3.8) is 0 Å². The third-order valence-corrected chi connectivity index (χ3v) is 3.30. The first-order valence-corrected chi connectivity index (χ1v) is 6.65. The topological polar surface area (TPSA) is 67.8 Å². The predicted octanol–water partition coefficient (Wildman–Crippen LogP) is 2.75. The first kappa shape index (κ1) is 13.3. The van der Waals surface area contributed by atoms with Gasteiger partial charge in [0, 0.05) is 11.6 Å². The number of hydrogen-bond donors (Lipinski definition) is 2. The van der Waals surface area contributed by atoms with E-state index in [1.165, 1.54) is 0 Å². The number of carbonyl (C=O) groups is 1. The SMILES string of the molecule is O=C1N[C@H](c2ccc(OCc3ccccc3)cc2O)CO1. The van der Waals surface area contributed by atoms with Crippen LogP contribution in [-0.2, 0) is 11.3 Å². The second kappa shape index (κ2) is 5.75. The molecule has 1 atom stereocenters. The molecule has 2 aromatic carbocycles. The number of phenolic OH excluding ortho intramolecular Hbond substituents is 1. The van der Waals surface area contributed by atoms with Crippen LogP contribution in [0.25, 0.3) is 0 Å². The Balaban J connectivity index is 1.68. The summed E-state index contributed by atoms with van der Waals surface area (Å²) in [5, 5.41) is 12.7. The molecule has 2 aromatic rings. The number of carbonyl (C=O) groups excluding carboxylic acids is 1. The summed E-state index contributed by atoms with van der Waals surface area (Å²) in [7, 11) is 0. The van der Waals surface area contributed by atoms with Gasteiger partial charge in [0.05, 0.1) is 6.04 Å². The lowest BCUT2D eigenvalue weighted by Gasteiger charge is -2.12. The molecule has 21 heavy (non-hydrogen) atoms. The van der Waals surface area contributed by atoms with Crippen LogP contribution >= 0.6 is 0 Å². The number of benzene rings is 2. The maximum Gasteiger partial charge on any atom is 0.407 e. The Morgan fingerprint density at radius 3 is 2.71 bits per heavy atom. The summed E-state index contributed by atoms with van der Waals surface area (Å²) in [6.07, 6.45) is -0.469. The standard InChI is InChI=1S/C16H15NO4/c18-15-8-12(20-9-11-4-2-1-3-5-11)6-7-13(15)14-10-21-16(19)17-14/h1-8,14,18H,9-10H2,(H,17,19)/t14-/m0/s1. The largest absolute Gasteiger partial charge is 0.507 e. The van der Waals surface area contributed by atoms with Gasteiger partial charge in [0.15, 0.2) is 0 Å². The summed E-state index contributed by atoms with van der Waals surface area (Å²) in [5.41, 5.74) is 1.67. The second-order valence-corrected chi connectivity index (χ2v) is 4.79. The van der Waals surface area contributed by atoms with E-state index in [4.69, 9.17) is 9.47 Å². The number of hydrogen-bond acceptors (Lipinski definition) is 4. The molecule has 0 saturated carbocycles. The first-order valence-electron chi connectivity index (χ1n) is 6.65. The maximum atomic E-state index is 11.0.